The van der Waals surface area contributed by atoms with Crippen molar-refractivity contribution in [2.45, 2.75) is 117 Å². The van der Waals surface area contributed by atoms with Gasteiger partial charge in [0.1, 0.15) is 0 Å². The first-order valence-corrected chi connectivity index (χ1v) is 9.84. The summed E-state index contributed by atoms with van der Waals surface area (Å²) in [5.74, 6) is 0. The molecule has 2 saturated carbocycles. The van der Waals surface area contributed by atoms with Crippen molar-refractivity contribution in [3.8, 4) is 0 Å². The molecule has 2 unspecified atom stereocenters. The highest BCUT2D eigenvalue weighted by molar-refractivity contribution is 4.96. The molecule has 0 aromatic rings. The van der Waals surface area contributed by atoms with Crippen LogP contribution in [0.5, 0.6) is 0 Å². The van der Waals surface area contributed by atoms with Crippen molar-refractivity contribution >= 4 is 0 Å². The van der Waals surface area contributed by atoms with Gasteiger partial charge in [0.2, 0.25) is 0 Å². The minimum atomic E-state index is 0.579. The molecule has 0 bridgehead atoms. The molecular formula is C20H39N. The molecule has 1 heteroatoms. The van der Waals surface area contributed by atoms with Crippen LogP contribution >= 0.6 is 0 Å². The molecule has 2 rings (SSSR count). The maximum Gasteiger partial charge on any atom is 0.00977 e. The largest absolute Gasteiger partial charge is 0.311 e. The zero-order valence-corrected chi connectivity index (χ0v) is 15.1. The van der Waals surface area contributed by atoms with Crippen molar-refractivity contribution in [3.63, 3.8) is 0 Å². The van der Waals surface area contributed by atoms with Gasteiger partial charge in [-0.05, 0) is 63.2 Å². The highest BCUT2D eigenvalue weighted by atomic mass is 15.0. The van der Waals surface area contributed by atoms with Crippen LogP contribution < -0.4 is 5.32 Å². The van der Waals surface area contributed by atoms with Crippen LogP contribution in [-0.4, -0.2) is 12.1 Å². The van der Waals surface area contributed by atoms with E-state index in [1.165, 1.54) is 77.0 Å². The van der Waals surface area contributed by atoms with Gasteiger partial charge in [-0.25, -0.2) is 0 Å². The molecule has 1 N–H and O–H groups in total. The summed E-state index contributed by atoms with van der Waals surface area (Å²) in [5, 5.41) is 4.10. The molecule has 0 aliphatic heterocycles. The first-order chi connectivity index (χ1) is 10.1. The van der Waals surface area contributed by atoms with Crippen LogP contribution in [0.4, 0.5) is 0 Å². The lowest BCUT2D eigenvalue weighted by molar-refractivity contribution is 0.0698. The molecule has 0 aromatic heterocycles. The van der Waals surface area contributed by atoms with Gasteiger partial charge in [-0.3, -0.25) is 0 Å². The zero-order valence-electron chi connectivity index (χ0n) is 15.1. The van der Waals surface area contributed by atoms with E-state index in [0.29, 0.717) is 22.9 Å². The number of nitrogens with one attached hydrogen (secondary N) is 1. The molecule has 0 amide bonds. The lowest BCUT2D eigenvalue weighted by Gasteiger charge is -2.48. The topological polar surface area (TPSA) is 12.0 Å². The van der Waals surface area contributed by atoms with E-state index in [4.69, 9.17) is 0 Å². The van der Waals surface area contributed by atoms with E-state index in [-0.39, 0.29) is 0 Å². The third-order valence-electron chi connectivity index (χ3n) is 7.44. The molecule has 0 spiro atoms. The van der Waals surface area contributed by atoms with Gasteiger partial charge in [-0.2, -0.15) is 0 Å². The van der Waals surface area contributed by atoms with Crippen LogP contribution in [-0.2, 0) is 0 Å². The molecule has 0 heterocycles. The van der Waals surface area contributed by atoms with E-state index in [9.17, 15) is 0 Å². The Bertz CT molecular complexity index is 267. The van der Waals surface area contributed by atoms with Crippen LogP contribution in [0.15, 0.2) is 0 Å². The summed E-state index contributed by atoms with van der Waals surface area (Å²) in [6, 6.07) is 1.37. The molecule has 2 aliphatic carbocycles. The van der Waals surface area contributed by atoms with Crippen molar-refractivity contribution < 1.29 is 0 Å². The van der Waals surface area contributed by atoms with Gasteiger partial charge in [0.25, 0.3) is 0 Å². The summed E-state index contributed by atoms with van der Waals surface area (Å²) >= 11 is 0. The van der Waals surface area contributed by atoms with E-state index in [0.717, 1.165) is 0 Å². The number of hydrogen-bond donors (Lipinski definition) is 1. The third kappa shape index (κ3) is 3.66. The zero-order chi connectivity index (χ0) is 15.3. The fraction of sp³-hybridized carbons (Fsp3) is 1.00. The first kappa shape index (κ1) is 17.3. The van der Waals surface area contributed by atoms with Gasteiger partial charge in [0.05, 0.1) is 0 Å². The minimum Gasteiger partial charge on any atom is -0.311 e. The van der Waals surface area contributed by atoms with Gasteiger partial charge in [0, 0.05) is 12.1 Å². The van der Waals surface area contributed by atoms with Crippen LogP contribution in [0.25, 0.3) is 0 Å². The predicted molar refractivity (Wildman–Crippen MR) is 93.7 cm³/mol. The van der Waals surface area contributed by atoms with E-state index in [1.807, 2.05) is 0 Å². The number of rotatable bonds is 6. The van der Waals surface area contributed by atoms with Crippen LogP contribution in [0.1, 0.15) is 105 Å². The van der Waals surface area contributed by atoms with Gasteiger partial charge < -0.3 is 5.32 Å². The summed E-state index contributed by atoms with van der Waals surface area (Å²) in [6.07, 6.45) is 17.2. The second kappa shape index (κ2) is 7.49. The fourth-order valence-electron chi connectivity index (χ4n) is 5.43. The Morgan fingerprint density at radius 1 is 0.667 bits per heavy atom. The monoisotopic (exact) mass is 293 g/mol. The standard InChI is InChI=1S/C20H39N/c1-5-19(13-9-7-10-14-19)17(3)21-18(4)20(6-2)15-11-8-12-16-20/h17-18,21H,5-16H2,1-4H3. The summed E-state index contributed by atoms with van der Waals surface area (Å²) in [7, 11) is 0. The van der Waals surface area contributed by atoms with Crippen molar-refractivity contribution in [2.24, 2.45) is 10.8 Å². The summed E-state index contributed by atoms with van der Waals surface area (Å²) in [5.41, 5.74) is 1.16. The SMILES string of the molecule is CCC1(C(C)NC(C)C2(CC)CCCCC2)CCCCC1. The highest BCUT2D eigenvalue weighted by Crippen LogP contribution is 2.45. The van der Waals surface area contributed by atoms with Gasteiger partial charge in [0.15, 0.2) is 0 Å². The van der Waals surface area contributed by atoms with E-state index >= 15 is 0 Å². The van der Waals surface area contributed by atoms with Crippen molar-refractivity contribution in [2.75, 3.05) is 0 Å². The van der Waals surface area contributed by atoms with Crippen molar-refractivity contribution in [3.05, 3.63) is 0 Å². The number of hydrogen-bond acceptors (Lipinski definition) is 1. The molecule has 2 atom stereocenters. The fourth-order valence-corrected chi connectivity index (χ4v) is 5.43. The summed E-state index contributed by atoms with van der Waals surface area (Å²) in [6.45, 7) is 9.81. The summed E-state index contributed by atoms with van der Waals surface area (Å²) in [4.78, 5) is 0. The van der Waals surface area contributed by atoms with Crippen LogP contribution in [0, 0.1) is 10.8 Å². The molecule has 124 valence electrons. The third-order valence-corrected chi connectivity index (χ3v) is 7.44. The molecular weight excluding hydrogens is 254 g/mol. The van der Waals surface area contributed by atoms with E-state index in [2.05, 4.69) is 33.0 Å². The average molecular weight is 294 g/mol. The Balaban J connectivity index is 2.01. The van der Waals surface area contributed by atoms with Crippen LogP contribution in [0.2, 0.25) is 0 Å². The Morgan fingerprint density at radius 3 is 1.29 bits per heavy atom. The van der Waals surface area contributed by atoms with Crippen molar-refractivity contribution in [1.82, 2.24) is 5.32 Å². The molecule has 2 aliphatic rings. The predicted octanol–water partition coefficient (Wildman–Crippen LogP) is 6.07. The Labute approximate surface area is 133 Å². The second-order valence-corrected chi connectivity index (χ2v) is 8.16. The molecule has 2 fully saturated rings. The lowest BCUT2D eigenvalue weighted by atomic mass is 9.65. The molecule has 0 saturated heterocycles. The van der Waals surface area contributed by atoms with Crippen molar-refractivity contribution in [1.29, 1.82) is 0 Å². The normalized spacial score (nSPS) is 28.0. The maximum absolute atomic E-state index is 4.10. The highest BCUT2D eigenvalue weighted by Gasteiger charge is 2.40. The van der Waals surface area contributed by atoms with Gasteiger partial charge in [-0.1, -0.05) is 52.4 Å². The molecule has 0 aromatic carbocycles. The van der Waals surface area contributed by atoms with Crippen LogP contribution in [0.3, 0.4) is 0 Å². The first-order valence-electron chi connectivity index (χ1n) is 9.84. The van der Waals surface area contributed by atoms with E-state index < -0.39 is 0 Å². The quantitative estimate of drug-likeness (QED) is 0.626. The Morgan fingerprint density at radius 2 is 1.00 bits per heavy atom. The van der Waals surface area contributed by atoms with E-state index in [1.54, 1.807) is 0 Å². The smallest absolute Gasteiger partial charge is 0.00977 e. The lowest BCUT2D eigenvalue weighted by Crippen LogP contribution is -2.53. The Kier molecular flexibility index (Phi) is 6.17. The molecule has 21 heavy (non-hydrogen) atoms. The Hall–Kier alpha value is -0.0400. The minimum absolute atomic E-state index is 0.579. The second-order valence-electron chi connectivity index (χ2n) is 8.16. The molecule has 1 nitrogen and oxygen atoms in total. The van der Waals surface area contributed by atoms with Gasteiger partial charge in [-0.15, -0.1) is 0 Å². The maximum atomic E-state index is 4.10. The van der Waals surface area contributed by atoms with Gasteiger partial charge >= 0.3 is 0 Å². The average Bonchev–Trinajstić information content (AvgIpc) is 2.55. The molecule has 0 radical (unpaired) electrons. The summed E-state index contributed by atoms with van der Waals surface area (Å²) < 4.78 is 0.